The minimum absolute atomic E-state index is 0.1000. The summed E-state index contributed by atoms with van der Waals surface area (Å²) in [6.07, 6.45) is 4.12. The molecule has 0 unspecified atom stereocenters. The number of carbonyl (C=O) groups is 1. The molecule has 1 heterocycles. The van der Waals surface area contributed by atoms with Crippen molar-refractivity contribution in [3.63, 3.8) is 0 Å². The molecule has 2 rings (SSSR count). The molecule has 0 aromatic carbocycles. The largest absolute Gasteiger partial charge is 0.464 e. The van der Waals surface area contributed by atoms with Crippen LogP contribution in [0.5, 0.6) is 0 Å². The molecule has 1 aliphatic rings. The Morgan fingerprint density at radius 3 is 2.86 bits per heavy atom. The van der Waals surface area contributed by atoms with Gasteiger partial charge in [0.05, 0.1) is 7.11 Å². The number of aromatic amines is 1. The summed E-state index contributed by atoms with van der Waals surface area (Å²) in [4.78, 5) is 14.1. The van der Waals surface area contributed by atoms with Crippen LogP contribution in [0.3, 0.4) is 0 Å². The topological polar surface area (TPSA) is 54.1 Å². The smallest absolute Gasteiger partial charge is 0.354 e. The van der Waals surface area contributed by atoms with Crippen molar-refractivity contribution in [2.24, 2.45) is 0 Å². The van der Waals surface area contributed by atoms with Gasteiger partial charge in [0, 0.05) is 11.7 Å². The van der Waals surface area contributed by atoms with E-state index in [0.29, 0.717) is 5.69 Å². The third-order valence-corrected chi connectivity index (χ3v) is 2.87. The maximum atomic E-state index is 11.2. The van der Waals surface area contributed by atoms with Gasteiger partial charge >= 0.3 is 5.97 Å². The molecule has 4 nitrogen and oxygen atoms in total. The van der Waals surface area contributed by atoms with Crippen molar-refractivity contribution >= 4 is 5.97 Å². The number of methoxy groups -OCH3 is 1. The van der Waals surface area contributed by atoms with Crippen LogP contribution in [0.2, 0.25) is 0 Å². The predicted octanol–water partition coefficient (Wildman–Crippen LogP) is 1.01. The standard InChI is InChI=1S/C10H14N2O2/c1-11-10(3-4-10)7-5-8(12-6-7)9(13)14-2/h5-6,11-12H,3-4H2,1-2H3. The third-order valence-electron chi connectivity index (χ3n) is 2.87. The van der Waals surface area contributed by atoms with Crippen LogP contribution < -0.4 is 5.32 Å². The molecule has 0 aliphatic heterocycles. The van der Waals surface area contributed by atoms with Crippen LogP contribution in [0.25, 0.3) is 0 Å². The van der Waals surface area contributed by atoms with Gasteiger partial charge in [-0.2, -0.15) is 0 Å². The lowest BCUT2D eigenvalue weighted by Crippen LogP contribution is -2.23. The van der Waals surface area contributed by atoms with E-state index in [9.17, 15) is 4.79 Å². The zero-order valence-corrected chi connectivity index (χ0v) is 8.39. The van der Waals surface area contributed by atoms with Crippen molar-refractivity contribution in [1.29, 1.82) is 0 Å². The van der Waals surface area contributed by atoms with Crippen LogP contribution in [0.4, 0.5) is 0 Å². The second-order valence-electron chi connectivity index (χ2n) is 3.63. The highest BCUT2D eigenvalue weighted by Gasteiger charge is 2.43. The number of H-pyrrole nitrogens is 1. The molecule has 1 saturated carbocycles. The van der Waals surface area contributed by atoms with Crippen molar-refractivity contribution in [1.82, 2.24) is 10.3 Å². The summed E-state index contributed by atoms with van der Waals surface area (Å²) >= 11 is 0. The van der Waals surface area contributed by atoms with E-state index in [2.05, 4.69) is 15.0 Å². The summed E-state index contributed by atoms with van der Waals surface area (Å²) in [5.74, 6) is -0.317. The van der Waals surface area contributed by atoms with Crippen molar-refractivity contribution in [2.75, 3.05) is 14.2 Å². The fraction of sp³-hybridized carbons (Fsp3) is 0.500. The second-order valence-corrected chi connectivity index (χ2v) is 3.63. The highest BCUT2D eigenvalue weighted by atomic mass is 16.5. The molecule has 4 heteroatoms. The molecule has 0 bridgehead atoms. The molecule has 1 fully saturated rings. The van der Waals surface area contributed by atoms with E-state index < -0.39 is 0 Å². The van der Waals surface area contributed by atoms with Gasteiger partial charge in [0.15, 0.2) is 0 Å². The minimum Gasteiger partial charge on any atom is -0.464 e. The van der Waals surface area contributed by atoms with E-state index >= 15 is 0 Å². The SMILES string of the molecule is CNC1(c2c[nH]c(C(=O)OC)c2)CC1. The number of aromatic nitrogens is 1. The van der Waals surface area contributed by atoms with E-state index in [4.69, 9.17) is 0 Å². The minimum atomic E-state index is -0.317. The monoisotopic (exact) mass is 194 g/mol. The summed E-state index contributed by atoms with van der Waals surface area (Å²) in [5, 5.41) is 3.27. The number of hydrogen-bond acceptors (Lipinski definition) is 3. The van der Waals surface area contributed by atoms with Crippen molar-refractivity contribution in [3.8, 4) is 0 Å². The molecule has 1 aromatic heterocycles. The van der Waals surface area contributed by atoms with Crippen LogP contribution in [0, 0.1) is 0 Å². The highest BCUT2D eigenvalue weighted by molar-refractivity contribution is 5.87. The molecule has 0 atom stereocenters. The fourth-order valence-electron chi connectivity index (χ4n) is 1.71. The Bertz CT molecular complexity index is 353. The van der Waals surface area contributed by atoms with Crippen molar-refractivity contribution in [2.45, 2.75) is 18.4 Å². The number of hydrogen-bond donors (Lipinski definition) is 2. The summed E-state index contributed by atoms with van der Waals surface area (Å²) in [6.45, 7) is 0. The van der Waals surface area contributed by atoms with Gasteiger partial charge < -0.3 is 15.0 Å². The van der Waals surface area contributed by atoms with Crippen LogP contribution >= 0.6 is 0 Å². The summed E-state index contributed by atoms with van der Waals surface area (Å²) in [5.41, 5.74) is 1.76. The van der Waals surface area contributed by atoms with Crippen LogP contribution in [0.1, 0.15) is 28.9 Å². The Morgan fingerprint density at radius 2 is 2.36 bits per heavy atom. The van der Waals surface area contributed by atoms with Crippen LogP contribution in [-0.2, 0) is 10.3 Å². The third kappa shape index (κ3) is 1.32. The predicted molar refractivity (Wildman–Crippen MR) is 52.1 cm³/mol. The molecule has 1 aliphatic carbocycles. The van der Waals surface area contributed by atoms with E-state index in [-0.39, 0.29) is 11.5 Å². The van der Waals surface area contributed by atoms with Gasteiger partial charge in [-0.25, -0.2) is 4.79 Å². The van der Waals surface area contributed by atoms with E-state index in [1.165, 1.54) is 7.11 Å². The average Bonchev–Trinajstić information content (AvgIpc) is 2.87. The Hall–Kier alpha value is -1.29. The number of nitrogens with one attached hydrogen (secondary N) is 2. The number of carbonyl (C=O) groups excluding carboxylic acids is 1. The van der Waals surface area contributed by atoms with Gasteiger partial charge in [-0.1, -0.05) is 0 Å². The first-order chi connectivity index (χ1) is 6.72. The molecular weight excluding hydrogens is 180 g/mol. The Kier molecular flexibility index (Phi) is 2.07. The van der Waals surface area contributed by atoms with Gasteiger partial charge in [0.1, 0.15) is 5.69 Å². The van der Waals surface area contributed by atoms with E-state index in [1.54, 1.807) is 0 Å². The van der Waals surface area contributed by atoms with E-state index in [1.807, 2.05) is 19.3 Å². The normalized spacial score (nSPS) is 17.9. The maximum Gasteiger partial charge on any atom is 0.354 e. The van der Waals surface area contributed by atoms with Crippen molar-refractivity contribution in [3.05, 3.63) is 23.5 Å². The quantitative estimate of drug-likeness (QED) is 0.706. The zero-order chi connectivity index (χ0) is 10.2. The molecule has 0 spiro atoms. The number of rotatable bonds is 3. The van der Waals surface area contributed by atoms with Gasteiger partial charge in [-0.3, -0.25) is 0 Å². The zero-order valence-electron chi connectivity index (χ0n) is 8.39. The molecule has 0 radical (unpaired) electrons. The van der Waals surface area contributed by atoms with Crippen LogP contribution in [-0.4, -0.2) is 25.1 Å². The lowest BCUT2D eigenvalue weighted by molar-refractivity contribution is 0.0595. The van der Waals surface area contributed by atoms with Gasteiger partial charge in [0.2, 0.25) is 0 Å². The maximum absolute atomic E-state index is 11.2. The highest BCUT2D eigenvalue weighted by Crippen LogP contribution is 2.45. The lowest BCUT2D eigenvalue weighted by atomic mass is 10.1. The molecule has 76 valence electrons. The molecule has 14 heavy (non-hydrogen) atoms. The lowest BCUT2D eigenvalue weighted by Gasteiger charge is -2.10. The molecule has 0 saturated heterocycles. The first kappa shape index (κ1) is 9.27. The van der Waals surface area contributed by atoms with Gasteiger partial charge in [0.25, 0.3) is 0 Å². The van der Waals surface area contributed by atoms with Gasteiger partial charge in [-0.15, -0.1) is 0 Å². The molecule has 0 amide bonds. The Morgan fingerprint density at radius 1 is 1.64 bits per heavy atom. The fourth-order valence-corrected chi connectivity index (χ4v) is 1.71. The first-order valence-corrected chi connectivity index (χ1v) is 4.68. The Labute approximate surface area is 82.6 Å². The number of esters is 1. The van der Waals surface area contributed by atoms with Crippen LogP contribution in [0.15, 0.2) is 12.3 Å². The van der Waals surface area contributed by atoms with Crippen molar-refractivity contribution < 1.29 is 9.53 Å². The summed E-state index contributed by atoms with van der Waals surface area (Å²) in [7, 11) is 3.33. The number of ether oxygens (including phenoxy) is 1. The molecule has 2 N–H and O–H groups in total. The molecule has 1 aromatic rings. The molecular formula is C10H14N2O2. The first-order valence-electron chi connectivity index (χ1n) is 4.68. The van der Waals surface area contributed by atoms with Gasteiger partial charge in [-0.05, 0) is 31.5 Å². The summed E-state index contributed by atoms with van der Waals surface area (Å²) in [6, 6.07) is 1.86. The second kappa shape index (κ2) is 3.13. The average molecular weight is 194 g/mol. The van der Waals surface area contributed by atoms with E-state index in [0.717, 1.165) is 18.4 Å². The Balaban J connectivity index is 2.22. The summed E-state index contributed by atoms with van der Waals surface area (Å²) < 4.78 is 4.63.